The zero-order chi connectivity index (χ0) is 37.8. The first kappa shape index (κ1) is 40.7. The molecular formula is C36H55N7O8. The third-order valence-corrected chi connectivity index (χ3v) is 9.21. The Morgan fingerprint density at radius 1 is 0.706 bits per heavy atom. The summed E-state index contributed by atoms with van der Waals surface area (Å²) in [5, 5.41) is 25.8. The molecule has 2 aliphatic heterocycles. The maximum atomic E-state index is 13.8. The maximum absolute atomic E-state index is 13.8. The van der Waals surface area contributed by atoms with Crippen LogP contribution in [0.3, 0.4) is 0 Å². The molecule has 7 amide bonds. The van der Waals surface area contributed by atoms with Gasteiger partial charge >= 0.3 is 0 Å². The van der Waals surface area contributed by atoms with Gasteiger partial charge in [-0.3, -0.25) is 33.6 Å². The molecule has 2 aliphatic rings. The first-order chi connectivity index (χ1) is 24.1. The van der Waals surface area contributed by atoms with Crippen LogP contribution in [0, 0.1) is 17.8 Å². The Morgan fingerprint density at radius 2 is 1.27 bits per heavy atom. The van der Waals surface area contributed by atoms with Gasteiger partial charge in [-0.15, -0.1) is 0 Å². The van der Waals surface area contributed by atoms with Gasteiger partial charge in [-0.1, -0.05) is 60.1 Å². The topological polar surface area (TPSA) is 215 Å². The number of hydrogen-bond acceptors (Lipinski definition) is 8. The second-order valence-electron chi connectivity index (χ2n) is 14.4. The molecule has 0 saturated carbocycles. The number of benzene rings is 1. The number of hydrogen-bond donors (Lipinski definition) is 7. The minimum Gasteiger partial charge on any atom is -0.508 e. The lowest BCUT2D eigenvalue weighted by Crippen LogP contribution is -2.60. The number of aromatic hydroxyl groups is 1. The third-order valence-electron chi connectivity index (χ3n) is 9.21. The van der Waals surface area contributed by atoms with Crippen molar-refractivity contribution < 1.29 is 38.7 Å². The maximum Gasteiger partial charge on any atom is 0.243 e. The molecule has 0 radical (unpaired) electrons. The molecule has 15 heteroatoms. The molecule has 0 aromatic heterocycles. The number of phenolic OH excluding ortho intramolecular Hbond substituents is 1. The first-order valence-electron chi connectivity index (χ1n) is 17.9. The fraction of sp³-hybridized carbons (Fsp3) is 0.639. The summed E-state index contributed by atoms with van der Waals surface area (Å²) in [6.45, 7) is 10.5. The Labute approximate surface area is 299 Å². The van der Waals surface area contributed by atoms with Crippen molar-refractivity contribution in [2.45, 2.75) is 110 Å². The fourth-order valence-electron chi connectivity index (χ4n) is 6.23. The summed E-state index contributed by atoms with van der Waals surface area (Å²) in [5.41, 5.74) is 0.611. The molecule has 3 rings (SSSR count). The van der Waals surface area contributed by atoms with Crippen LogP contribution in [0.25, 0.3) is 0 Å². The summed E-state index contributed by atoms with van der Waals surface area (Å²) >= 11 is 0. The van der Waals surface area contributed by atoms with Crippen molar-refractivity contribution in [1.82, 2.24) is 36.8 Å². The van der Waals surface area contributed by atoms with Gasteiger partial charge in [-0.05, 0) is 61.1 Å². The van der Waals surface area contributed by atoms with E-state index < -0.39 is 84.6 Å². The zero-order valence-electron chi connectivity index (χ0n) is 30.5. The van der Waals surface area contributed by atoms with Crippen LogP contribution in [0.4, 0.5) is 0 Å². The lowest BCUT2D eigenvalue weighted by atomic mass is 9.95. The highest BCUT2D eigenvalue weighted by molar-refractivity contribution is 5.97. The van der Waals surface area contributed by atoms with E-state index in [1.807, 2.05) is 34.6 Å². The van der Waals surface area contributed by atoms with Crippen LogP contribution in [0.1, 0.15) is 79.2 Å². The first-order valence-corrected chi connectivity index (χ1v) is 17.9. The minimum atomic E-state index is -1.16. The van der Waals surface area contributed by atoms with E-state index in [2.05, 4.69) is 31.9 Å². The Hall–Kier alpha value is -4.69. The molecule has 282 valence electrons. The smallest absolute Gasteiger partial charge is 0.243 e. The number of nitrogens with one attached hydrogen (secondary N) is 6. The number of phenols is 1. The largest absolute Gasteiger partial charge is 0.508 e. The highest BCUT2D eigenvalue weighted by Gasteiger charge is 2.38. The fourth-order valence-corrected chi connectivity index (χ4v) is 6.23. The molecule has 7 N–H and O–H groups in total. The molecule has 15 nitrogen and oxygen atoms in total. The summed E-state index contributed by atoms with van der Waals surface area (Å²) in [7, 11) is 0. The van der Waals surface area contributed by atoms with Gasteiger partial charge in [0, 0.05) is 13.0 Å². The van der Waals surface area contributed by atoms with E-state index in [1.165, 1.54) is 17.0 Å². The zero-order valence-corrected chi connectivity index (χ0v) is 30.5. The molecule has 2 fully saturated rings. The van der Waals surface area contributed by atoms with Crippen molar-refractivity contribution in [3.05, 3.63) is 29.8 Å². The number of nitrogens with zero attached hydrogens (tertiary/aromatic N) is 1. The molecule has 51 heavy (non-hydrogen) atoms. The quantitative estimate of drug-likeness (QED) is 0.198. The van der Waals surface area contributed by atoms with Crippen LogP contribution in [0.15, 0.2) is 24.3 Å². The van der Waals surface area contributed by atoms with Crippen LogP contribution in [-0.4, -0.2) is 101 Å². The lowest BCUT2D eigenvalue weighted by Gasteiger charge is -2.30. The van der Waals surface area contributed by atoms with E-state index >= 15 is 0 Å². The van der Waals surface area contributed by atoms with Gasteiger partial charge in [0.1, 0.15) is 36.0 Å². The van der Waals surface area contributed by atoms with Crippen LogP contribution < -0.4 is 31.9 Å². The molecule has 2 saturated heterocycles. The standard InChI is InChI=1S/C36H55N7O8/c1-7-22(6)31-36(51)41-25(15-20(2)3)32(47)37-18-29(45)39-27(17-23-10-12-24(44)13-11-23)33(48)38-19-30(46)43-14-8-9-28(43)35(50)40-26(16-21(4)5)34(49)42-31/h10-13,20-22,25-28,31,44H,7-9,14-19H2,1-6H3,(H,37,47)(H,38,48)(H,39,45)(H,40,50)(H,41,51)(H,42,49)/t22-,25-,26-,27-,28-,31-/m0/s1. The Kier molecular flexibility index (Phi) is 15.2. The van der Waals surface area contributed by atoms with Crippen LogP contribution in [0.2, 0.25) is 0 Å². The molecular weight excluding hydrogens is 658 g/mol. The molecule has 0 bridgehead atoms. The van der Waals surface area contributed by atoms with Crippen molar-refractivity contribution in [3.63, 3.8) is 0 Å². The summed E-state index contributed by atoms with van der Waals surface area (Å²) in [4.78, 5) is 95.8. The predicted molar refractivity (Wildman–Crippen MR) is 189 cm³/mol. The Balaban J connectivity index is 1.97. The molecule has 1 aromatic carbocycles. The second kappa shape index (κ2) is 19.1. The Bertz CT molecular complexity index is 1420. The van der Waals surface area contributed by atoms with Gasteiger partial charge in [0.05, 0.1) is 13.1 Å². The third kappa shape index (κ3) is 12.2. The molecule has 0 aliphatic carbocycles. The average molecular weight is 714 g/mol. The number of carbonyl (C=O) groups is 7. The van der Waals surface area contributed by atoms with Gasteiger partial charge in [0.2, 0.25) is 41.4 Å². The summed E-state index contributed by atoms with van der Waals surface area (Å²) in [6.07, 6.45) is 1.94. The van der Waals surface area contributed by atoms with Crippen LogP contribution in [-0.2, 0) is 40.0 Å². The molecule has 1 aromatic rings. The van der Waals surface area contributed by atoms with Crippen LogP contribution >= 0.6 is 0 Å². The number of rotatable bonds is 8. The van der Waals surface area contributed by atoms with E-state index in [0.717, 1.165) is 0 Å². The lowest BCUT2D eigenvalue weighted by molar-refractivity contribution is -0.140. The minimum absolute atomic E-state index is 0.00658. The summed E-state index contributed by atoms with van der Waals surface area (Å²) in [5.74, 6) is -4.50. The van der Waals surface area contributed by atoms with E-state index in [9.17, 15) is 38.7 Å². The number of amides is 7. The molecule has 2 heterocycles. The monoisotopic (exact) mass is 713 g/mol. The average Bonchev–Trinajstić information content (AvgIpc) is 3.57. The van der Waals surface area contributed by atoms with Crippen molar-refractivity contribution in [2.24, 2.45) is 17.8 Å². The van der Waals surface area contributed by atoms with Crippen LogP contribution in [0.5, 0.6) is 5.75 Å². The van der Waals surface area contributed by atoms with E-state index in [4.69, 9.17) is 0 Å². The Morgan fingerprint density at radius 3 is 1.88 bits per heavy atom. The van der Waals surface area contributed by atoms with Crippen molar-refractivity contribution >= 4 is 41.4 Å². The second-order valence-corrected chi connectivity index (χ2v) is 14.4. The van der Waals surface area contributed by atoms with Crippen molar-refractivity contribution in [2.75, 3.05) is 19.6 Å². The number of fused-ring (bicyclic) bond motifs is 1. The van der Waals surface area contributed by atoms with Gasteiger partial charge in [-0.2, -0.15) is 0 Å². The highest BCUT2D eigenvalue weighted by Crippen LogP contribution is 2.19. The molecule has 6 atom stereocenters. The van der Waals surface area contributed by atoms with Crippen molar-refractivity contribution in [3.8, 4) is 5.75 Å². The normalized spacial score (nSPS) is 25.5. The molecule has 0 unspecified atom stereocenters. The number of carbonyl (C=O) groups excluding carboxylic acids is 7. The van der Waals surface area contributed by atoms with E-state index in [1.54, 1.807) is 19.1 Å². The SMILES string of the molecule is CC[C@H](C)[C@@H]1NC(=O)[C@H](CC(C)C)NC(=O)[C@@H]2CCCN2C(=O)CNC(=O)[C@H](Cc2ccc(O)cc2)NC(=O)CNC(=O)[C@H](CC(C)C)NC1=O. The predicted octanol–water partition coefficient (Wildman–Crippen LogP) is 0.249. The summed E-state index contributed by atoms with van der Waals surface area (Å²) < 4.78 is 0. The van der Waals surface area contributed by atoms with Crippen molar-refractivity contribution in [1.29, 1.82) is 0 Å². The van der Waals surface area contributed by atoms with Gasteiger partial charge in [0.25, 0.3) is 0 Å². The van der Waals surface area contributed by atoms with Gasteiger partial charge in [0.15, 0.2) is 0 Å². The summed E-state index contributed by atoms with van der Waals surface area (Å²) in [6, 6.07) is 0.955. The highest BCUT2D eigenvalue weighted by atomic mass is 16.3. The van der Waals surface area contributed by atoms with Gasteiger partial charge in [-0.25, -0.2) is 0 Å². The van der Waals surface area contributed by atoms with E-state index in [0.29, 0.717) is 24.8 Å². The van der Waals surface area contributed by atoms with E-state index in [-0.39, 0.29) is 49.3 Å². The van der Waals surface area contributed by atoms with Gasteiger partial charge < -0.3 is 41.9 Å². The molecule has 0 spiro atoms.